The van der Waals surface area contributed by atoms with E-state index in [4.69, 9.17) is 4.74 Å². The molecule has 0 saturated heterocycles. The molecule has 1 aromatic heterocycles. The monoisotopic (exact) mass is 537 g/mol. The van der Waals surface area contributed by atoms with E-state index >= 15 is 8.78 Å². The van der Waals surface area contributed by atoms with Crippen molar-refractivity contribution in [3.05, 3.63) is 39.6 Å². The van der Waals surface area contributed by atoms with Gasteiger partial charge >= 0.3 is 5.97 Å². The molecule has 4 aliphatic carbocycles. The maximum atomic E-state index is 17.3. The number of alkyl halides is 2. The van der Waals surface area contributed by atoms with Gasteiger partial charge in [0.15, 0.2) is 11.4 Å². The number of ketones is 1. The van der Waals surface area contributed by atoms with Crippen LogP contribution in [0, 0.1) is 35.5 Å². The smallest absolute Gasteiger partial charge is 0.351 e. The van der Waals surface area contributed by atoms with E-state index in [9.17, 15) is 19.5 Å². The number of aryl methyl sites for hydroxylation is 1. The lowest BCUT2D eigenvalue weighted by molar-refractivity contribution is -0.186. The maximum absolute atomic E-state index is 17.3. The molecule has 0 amide bonds. The largest absolute Gasteiger partial charge is 0.508 e. The first kappa shape index (κ1) is 25.6. The predicted molar refractivity (Wildman–Crippen MR) is 132 cm³/mol. The fraction of sp³-hybridized carbons (Fsp3) is 0.615. The van der Waals surface area contributed by atoms with Gasteiger partial charge in [-0.3, -0.25) is 9.59 Å². The highest BCUT2D eigenvalue weighted by molar-refractivity contribution is 7.96. The molecule has 0 radical (unpaired) electrons. The van der Waals surface area contributed by atoms with Crippen molar-refractivity contribution < 1.29 is 33.0 Å². The van der Waals surface area contributed by atoms with Gasteiger partial charge in [0, 0.05) is 23.3 Å². The number of hydrogen-bond donors (Lipinski definition) is 2. The molecule has 3 saturated carbocycles. The Morgan fingerprint density at radius 3 is 2.53 bits per heavy atom. The summed E-state index contributed by atoms with van der Waals surface area (Å²) < 4.78 is 38.9. The number of fused-ring (bicyclic) bond motifs is 5. The van der Waals surface area contributed by atoms with Gasteiger partial charge in [-0.05, 0) is 57.1 Å². The summed E-state index contributed by atoms with van der Waals surface area (Å²) in [5.41, 5.74) is -4.56. The predicted octanol–water partition coefficient (Wildman–Crippen LogP) is 5.28. The lowest BCUT2D eigenvalue weighted by atomic mass is 9.44. The summed E-state index contributed by atoms with van der Waals surface area (Å²) in [6.45, 7) is 6.68. The van der Waals surface area contributed by atoms with Crippen LogP contribution in [-0.4, -0.2) is 44.4 Å². The van der Waals surface area contributed by atoms with E-state index in [1.807, 2.05) is 0 Å². The first-order valence-electron chi connectivity index (χ1n) is 12.1. The standard InChI is InChI=1S/C26H29F2NO5S2/c1-12-7-15-16-10-18(27)17-8-14(30)9-19(31)24(17,4)25(16,28)6-5-23(15,3)26(12,22(33)35)34-21(32)20-13(2)29-11-36-20/h8-9,11-12,15-16,18,30H,5-7,10H2,1-4H3,(H,33,35)/t12-,15+,16+,18+,23+,24-,25-,26+/m1/s1. The molecular weight excluding hydrogens is 508 g/mol. The Morgan fingerprint density at radius 2 is 1.92 bits per heavy atom. The van der Waals surface area contributed by atoms with Gasteiger partial charge in [-0.25, -0.2) is 18.6 Å². The Kier molecular flexibility index (Phi) is 5.66. The topological polar surface area (TPSA) is 93.6 Å². The summed E-state index contributed by atoms with van der Waals surface area (Å²) in [7, 11) is 0. The van der Waals surface area contributed by atoms with Crippen LogP contribution in [0.2, 0.25) is 0 Å². The van der Waals surface area contributed by atoms with Crippen LogP contribution in [0.25, 0.3) is 0 Å². The quantitative estimate of drug-likeness (QED) is 0.402. The lowest BCUT2D eigenvalue weighted by Gasteiger charge is -2.61. The molecule has 1 heterocycles. The third kappa shape index (κ3) is 2.94. The van der Waals surface area contributed by atoms with Crippen molar-refractivity contribution >= 4 is 40.8 Å². The van der Waals surface area contributed by atoms with E-state index < -0.39 is 62.9 Å². The lowest BCUT2D eigenvalue weighted by Crippen LogP contribution is -2.67. The number of allylic oxidation sites excluding steroid dienone is 3. The molecule has 0 unspecified atom stereocenters. The summed E-state index contributed by atoms with van der Waals surface area (Å²) in [5, 5.41) is 9.32. The van der Waals surface area contributed by atoms with Gasteiger partial charge in [-0.1, -0.05) is 13.8 Å². The first-order chi connectivity index (χ1) is 16.7. The summed E-state index contributed by atoms with van der Waals surface area (Å²) in [6, 6.07) is 0. The molecule has 0 aliphatic heterocycles. The average Bonchev–Trinajstić information content (AvgIpc) is 3.32. The van der Waals surface area contributed by atoms with Crippen molar-refractivity contribution in [1.29, 1.82) is 0 Å². The molecule has 0 bridgehead atoms. The van der Waals surface area contributed by atoms with E-state index in [0.29, 0.717) is 12.1 Å². The number of rotatable bonds is 3. The number of ether oxygens (including phenoxy) is 1. The van der Waals surface area contributed by atoms with Crippen LogP contribution in [0.15, 0.2) is 29.0 Å². The third-order valence-electron chi connectivity index (χ3n) is 9.83. The molecule has 3 fully saturated rings. The van der Waals surface area contributed by atoms with Crippen molar-refractivity contribution in [2.45, 2.75) is 70.8 Å². The number of esters is 1. The molecule has 1 N–H and O–H groups in total. The fourth-order valence-electron chi connectivity index (χ4n) is 7.91. The van der Waals surface area contributed by atoms with Gasteiger partial charge in [0.2, 0.25) is 5.12 Å². The highest BCUT2D eigenvalue weighted by Gasteiger charge is 2.76. The average molecular weight is 538 g/mol. The number of nitrogens with zero attached hydrogens (tertiary/aromatic N) is 1. The van der Waals surface area contributed by atoms with Crippen molar-refractivity contribution in [2.75, 3.05) is 0 Å². The molecule has 0 spiro atoms. The third-order valence-corrected chi connectivity index (χ3v) is 11.1. The van der Waals surface area contributed by atoms with E-state index in [2.05, 4.69) is 17.6 Å². The summed E-state index contributed by atoms with van der Waals surface area (Å²) in [5.74, 6) is -3.67. The molecule has 5 rings (SSSR count). The zero-order valence-electron chi connectivity index (χ0n) is 20.5. The Hall–Kier alpha value is -2.07. The first-order valence-corrected chi connectivity index (χ1v) is 13.4. The maximum Gasteiger partial charge on any atom is 0.351 e. The van der Waals surface area contributed by atoms with Crippen LogP contribution in [-0.2, 0) is 14.3 Å². The Balaban J connectivity index is 1.59. The minimum atomic E-state index is -2.09. The second kappa shape index (κ2) is 7.96. The van der Waals surface area contributed by atoms with Crippen molar-refractivity contribution in [3.8, 4) is 0 Å². The minimum Gasteiger partial charge on any atom is -0.508 e. The van der Waals surface area contributed by atoms with E-state index in [0.717, 1.165) is 17.4 Å². The zero-order valence-corrected chi connectivity index (χ0v) is 22.2. The Bertz CT molecular complexity index is 1240. The number of carbonyl (C=O) groups is 3. The summed E-state index contributed by atoms with van der Waals surface area (Å²) in [4.78, 5) is 43.9. The normalized spacial score (nSPS) is 43.6. The number of aliphatic hydroxyl groups is 1. The molecule has 194 valence electrons. The fourth-order valence-corrected chi connectivity index (χ4v) is 9.11. The summed E-state index contributed by atoms with van der Waals surface area (Å²) >= 11 is 5.29. The van der Waals surface area contributed by atoms with Gasteiger partial charge in [-0.15, -0.1) is 24.0 Å². The number of thiol groups is 1. The number of halogens is 2. The second-order valence-corrected chi connectivity index (χ2v) is 12.4. The Labute approximate surface area is 217 Å². The molecule has 6 nitrogen and oxygen atoms in total. The SMILES string of the molecule is Cc1ncsc1C(=O)O[C@]1(C(=O)S)[C@H](C)C[C@H]2[C@@H]3C[C@H](F)C4=CC(O)=CC(=O)[C@]4(C)[C@@]3(F)CC[C@@]21C. The van der Waals surface area contributed by atoms with Gasteiger partial charge in [0.05, 0.1) is 16.6 Å². The van der Waals surface area contributed by atoms with Crippen molar-refractivity contribution in [2.24, 2.45) is 28.6 Å². The molecule has 0 aromatic carbocycles. The summed E-state index contributed by atoms with van der Waals surface area (Å²) in [6.07, 6.45) is 0.638. The van der Waals surface area contributed by atoms with Gasteiger partial charge in [0.25, 0.3) is 0 Å². The van der Waals surface area contributed by atoms with Crippen molar-refractivity contribution in [3.63, 3.8) is 0 Å². The second-order valence-electron chi connectivity index (χ2n) is 11.2. The zero-order chi connectivity index (χ0) is 26.4. The number of hydrogen-bond acceptors (Lipinski definition) is 7. The number of thiazole rings is 1. The molecule has 8 atom stereocenters. The van der Waals surface area contributed by atoms with Gasteiger partial charge in [-0.2, -0.15) is 0 Å². The Morgan fingerprint density at radius 1 is 1.22 bits per heavy atom. The van der Waals surface area contributed by atoms with Crippen molar-refractivity contribution in [1.82, 2.24) is 4.98 Å². The number of carbonyl (C=O) groups excluding carboxylic acids is 3. The van der Waals surface area contributed by atoms with Gasteiger partial charge < -0.3 is 9.84 Å². The number of aromatic nitrogens is 1. The van der Waals surface area contributed by atoms with E-state index in [1.165, 1.54) is 18.5 Å². The van der Waals surface area contributed by atoms with E-state index in [-0.39, 0.29) is 35.5 Å². The highest BCUT2D eigenvalue weighted by atomic mass is 32.1. The molecule has 36 heavy (non-hydrogen) atoms. The van der Waals surface area contributed by atoms with Gasteiger partial charge in [0.1, 0.15) is 22.5 Å². The van der Waals surface area contributed by atoms with Crippen LogP contribution in [0.4, 0.5) is 8.78 Å². The van der Waals surface area contributed by atoms with Crippen LogP contribution >= 0.6 is 24.0 Å². The number of aliphatic hydroxyl groups excluding tert-OH is 1. The molecular formula is C26H29F2NO5S2. The van der Waals surface area contributed by atoms with E-state index in [1.54, 1.807) is 20.8 Å². The molecule has 1 aromatic rings. The van der Waals surface area contributed by atoms with Crippen LogP contribution in [0.3, 0.4) is 0 Å². The minimum absolute atomic E-state index is 0.0375. The van der Waals surface area contributed by atoms with Crippen LogP contribution in [0.5, 0.6) is 0 Å². The molecule has 10 heteroatoms. The van der Waals surface area contributed by atoms with Crippen LogP contribution < -0.4 is 0 Å². The molecule has 4 aliphatic rings. The van der Waals surface area contributed by atoms with Crippen LogP contribution in [0.1, 0.15) is 61.8 Å². The highest BCUT2D eigenvalue weighted by Crippen LogP contribution is 2.72.